The lowest BCUT2D eigenvalue weighted by Gasteiger charge is -2.33. The number of carbonyl (C=O) groups excluding carboxylic acids is 2. The van der Waals surface area contributed by atoms with Crippen molar-refractivity contribution in [3.63, 3.8) is 0 Å². The van der Waals surface area contributed by atoms with Crippen molar-refractivity contribution in [2.75, 3.05) is 19.6 Å². The van der Waals surface area contributed by atoms with E-state index in [-0.39, 0.29) is 41.3 Å². The lowest BCUT2D eigenvalue weighted by Crippen LogP contribution is -2.56. The number of ketones is 1. The molecule has 0 saturated carbocycles. The third kappa shape index (κ3) is 2.91. The highest BCUT2D eigenvalue weighted by molar-refractivity contribution is 6.00. The second kappa shape index (κ2) is 5.92. The van der Waals surface area contributed by atoms with E-state index in [0.29, 0.717) is 19.5 Å². The monoisotopic (exact) mass is 278 g/mol. The summed E-state index contributed by atoms with van der Waals surface area (Å²) in [7, 11) is 0. The van der Waals surface area contributed by atoms with Crippen LogP contribution in [0.25, 0.3) is 0 Å². The van der Waals surface area contributed by atoms with Crippen LogP contribution in [0, 0.1) is 0 Å². The maximum atomic E-state index is 12.2. The first kappa shape index (κ1) is 14.3. The second-order valence-electron chi connectivity index (χ2n) is 4.81. The Hall–Kier alpha value is -2.08. The smallest absolute Gasteiger partial charge is 0.237 e. The van der Waals surface area contributed by atoms with E-state index in [1.807, 2.05) is 11.8 Å². The van der Waals surface area contributed by atoms with Crippen molar-refractivity contribution in [2.45, 2.75) is 19.4 Å². The molecule has 0 bridgehead atoms. The summed E-state index contributed by atoms with van der Waals surface area (Å²) in [5, 5.41) is 21.7. The van der Waals surface area contributed by atoms with E-state index in [4.69, 9.17) is 0 Å². The van der Waals surface area contributed by atoms with E-state index in [1.54, 1.807) is 0 Å². The SMILES string of the molecule is CCC1C(=O)NCCN1CC(=O)c1ccc(O)cc1O. The van der Waals surface area contributed by atoms with E-state index in [2.05, 4.69) is 5.32 Å². The number of amides is 1. The lowest BCUT2D eigenvalue weighted by molar-refractivity contribution is -0.128. The molecule has 0 radical (unpaired) electrons. The summed E-state index contributed by atoms with van der Waals surface area (Å²) in [5.41, 5.74) is 0.156. The minimum Gasteiger partial charge on any atom is -0.508 e. The maximum absolute atomic E-state index is 12.2. The third-order valence-corrected chi connectivity index (χ3v) is 3.46. The Labute approximate surface area is 117 Å². The Morgan fingerprint density at radius 2 is 2.20 bits per heavy atom. The molecule has 1 aliphatic heterocycles. The van der Waals surface area contributed by atoms with E-state index in [9.17, 15) is 19.8 Å². The van der Waals surface area contributed by atoms with E-state index >= 15 is 0 Å². The molecule has 1 saturated heterocycles. The zero-order chi connectivity index (χ0) is 14.7. The van der Waals surface area contributed by atoms with Gasteiger partial charge in [-0.3, -0.25) is 14.5 Å². The van der Waals surface area contributed by atoms with Crippen molar-refractivity contribution >= 4 is 11.7 Å². The Kier molecular flexibility index (Phi) is 4.24. The fourth-order valence-corrected chi connectivity index (χ4v) is 2.42. The standard InChI is InChI=1S/C14H18N2O4/c1-2-11-14(20)15-5-6-16(11)8-13(19)10-4-3-9(17)7-12(10)18/h3-4,7,11,17-18H,2,5-6,8H2,1H3,(H,15,20). The van der Waals surface area contributed by atoms with Crippen LogP contribution in [-0.4, -0.2) is 52.5 Å². The van der Waals surface area contributed by atoms with Gasteiger partial charge in [-0.1, -0.05) is 6.92 Å². The van der Waals surface area contributed by atoms with Crippen LogP contribution in [0.3, 0.4) is 0 Å². The largest absolute Gasteiger partial charge is 0.508 e. The number of aromatic hydroxyl groups is 2. The first-order valence-corrected chi connectivity index (χ1v) is 6.60. The molecule has 1 atom stereocenters. The van der Waals surface area contributed by atoms with E-state index in [0.717, 1.165) is 6.07 Å². The van der Waals surface area contributed by atoms with Crippen LogP contribution < -0.4 is 5.32 Å². The highest BCUT2D eigenvalue weighted by Gasteiger charge is 2.29. The summed E-state index contributed by atoms with van der Waals surface area (Å²) >= 11 is 0. The zero-order valence-electron chi connectivity index (χ0n) is 11.3. The van der Waals surface area contributed by atoms with Gasteiger partial charge in [0.2, 0.25) is 5.91 Å². The van der Waals surface area contributed by atoms with Crippen molar-refractivity contribution in [1.29, 1.82) is 0 Å². The molecule has 1 aromatic carbocycles. The van der Waals surface area contributed by atoms with Gasteiger partial charge in [0.25, 0.3) is 0 Å². The molecule has 108 valence electrons. The molecular formula is C14H18N2O4. The van der Waals surface area contributed by atoms with Crippen LogP contribution in [0.1, 0.15) is 23.7 Å². The van der Waals surface area contributed by atoms with Crippen molar-refractivity contribution in [2.24, 2.45) is 0 Å². The minimum absolute atomic E-state index is 0.0681. The van der Waals surface area contributed by atoms with Gasteiger partial charge in [0, 0.05) is 19.2 Å². The molecule has 1 fully saturated rings. The predicted octanol–water partition coefficient (Wildman–Crippen LogP) is 0.491. The van der Waals surface area contributed by atoms with Gasteiger partial charge in [0.05, 0.1) is 18.2 Å². The zero-order valence-corrected chi connectivity index (χ0v) is 11.3. The number of hydrogen-bond donors (Lipinski definition) is 3. The van der Waals surface area contributed by atoms with E-state index in [1.165, 1.54) is 12.1 Å². The summed E-state index contributed by atoms with van der Waals surface area (Å²) in [4.78, 5) is 25.7. The number of benzene rings is 1. The van der Waals surface area contributed by atoms with Crippen LogP contribution in [0.2, 0.25) is 0 Å². The van der Waals surface area contributed by atoms with Crippen LogP contribution in [0.5, 0.6) is 11.5 Å². The molecule has 1 amide bonds. The molecule has 20 heavy (non-hydrogen) atoms. The molecule has 2 rings (SSSR count). The van der Waals surface area contributed by atoms with Crippen molar-refractivity contribution < 1.29 is 19.8 Å². The molecule has 6 heteroatoms. The molecule has 1 aromatic rings. The number of rotatable bonds is 4. The summed E-state index contributed by atoms with van der Waals surface area (Å²) in [5.74, 6) is -0.676. The number of hydrogen-bond acceptors (Lipinski definition) is 5. The number of piperazine rings is 1. The molecular weight excluding hydrogens is 260 g/mol. The van der Waals surface area contributed by atoms with E-state index < -0.39 is 0 Å². The number of nitrogens with zero attached hydrogens (tertiary/aromatic N) is 1. The van der Waals surface area contributed by atoms with Gasteiger partial charge in [-0.05, 0) is 18.6 Å². The summed E-state index contributed by atoms with van der Waals surface area (Å²) < 4.78 is 0. The molecule has 3 N–H and O–H groups in total. The molecule has 1 unspecified atom stereocenters. The lowest BCUT2D eigenvalue weighted by atomic mass is 10.1. The normalized spacial score (nSPS) is 19.6. The Balaban J connectivity index is 2.12. The molecule has 0 aromatic heterocycles. The summed E-state index contributed by atoms with van der Waals surface area (Å²) in [6.07, 6.45) is 0.626. The number of Topliss-reactive ketones (excluding diaryl/α,β-unsaturated/α-hetero) is 1. The average molecular weight is 278 g/mol. The van der Waals surface area contributed by atoms with Crippen molar-refractivity contribution in [3.05, 3.63) is 23.8 Å². The number of phenols is 2. The fourth-order valence-electron chi connectivity index (χ4n) is 2.42. The van der Waals surface area contributed by atoms with Gasteiger partial charge in [0.1, 0.15) is 11.5 Å². The van der Waals surface area contributed by atoms with Gasteiger partial charge in [-0.25, -0.2) is 0 Å². The Morgan fingerprint density at radius 3 is 2.85 bits per heavy atom. The van der Waals surface area contributed by atoms with Gasteiger partial charge in [-0.2, -0.15) is 0 Å². The maximum Gasteiger partial charge on any atom is 0.237 e. The van der Waals surface area contributed by atoms with Gasteiger partial charge >= 0.3 is 0 Å². The first-order chi connectivity index (χ1) is 9.52. The fraction of sp³-hybridized carbons (Fsp3) is 0.429. The topological polar surface area (TPSA) is 89.9 Å². The number of nitrogens with one attached hydrogen (secondary N) is 1. The van der Waals surface area contributed by atoms with Crippen molar-refractivity contribution in [3.8, 4) is 11.5 Å². The minimum atomic E-state index is -0.313. The summed E-state index contributed by atoms with van der Waals surface area (Å²) in [6.45, 7) is 3.09. The molecule has 1 aliphatic rings. The molecule has 0 aliphatic carbocycles. The van der Waals surface area contributed by atoms with Crippen molar-refractivity contribution in [1.82, 2.24) is 10.2 Å². The van der Waals surface area contributed by atoms with Crippen LogP contribution >= 0.6 is 0 Å². The summed E-state index contributed by atoms with van der Waals surface area (Å²) in [6, 6.07) is 3.56. The second-order valence-corrected chi connectivity index (χ2v) is 4.81. The predicted molar refractivity (Wildman–Crippen MR) is 72.8 cm³/mol. The average Bonchev–Trinajstić information content (AvgIpc) is 2.38. The first-order valence-electron chi connectivity index (χ1n) is 6.60. The highest BCUT2D eigenvalue weighted by Crippen LogP contribution is 2.23. The van der Waals surface area contributed by atoms with Crippen LogP contribution in [0.15, 0.2) is 18.2 Å². The quantitative estimate of drug-likeness (QED) is 0.697. The van der Waals surface area contributed by atoms with Gasteiger partial charge < -0.3 is 15.5 Å². The number of carbonyl (C=O) groups is 2. The Bertz CT molecular complexity index is 530. The molecule has 0 spiro atoms. The van der Waals surface area contributed by atoms with Gasteiger partial charge in [-0.15, -0.1) is 0 Å². The molecule has 6 nitrogen and oxygen atoms in total. The Morgan fingerprint density at radius 1 is 1.45 bits per heavy atom. The van der Waals surface area contributed by atoms with Crippen LogP contribution in [-0.2, 0) is 4.79 Å². The van der Waals surface area contributed by atoms with Crippen LogP contribution in [0.4, 0.5) is 0 Å². The number of phenolic OH excluding ortho intramolecular Hbond substituents is 2. The highest BCUT2D eigenvalue weighted by atomic mass is 16.3. The molecule has 1 heterocycles. The third-order valence-electron chi connectivity index (χ3n) is 3.46. The van der Waals surface area contributed by atoms with Gasteiger partial charge in [0.15, 0.2) is 5.78 Å².